The predicted octanol–water partition coefficient (Wildman–Crippen LogP) is 2.53. The first-order chi connectivity index (χ1) is 11.3. The summed E-state index contributed by atoms with van der Waals surface area (Å²) in [5.74, 6) is 2.33. The number of hydrogen-bond acceptors (Lipinski definition) is 6. The molecule has 0 radical (unpaired) electrons. The van der Waals surface area contributed by atoms with Crippen molar-refractivity contribution >= 4 is 17.7 Å². The lowest BCUT2D eigenvalue weighted by Crippen LogP contribution is -2.39. The molecule has 3 atom stereocenters. The second-order valence-corrected chi connectivity index (χ2v) is 7.17. The molecule has 1 N–H and O–H groups in total. The molecule has 2 aliphatic carbocycles. The molecule has 2 aliphatic rings. The molecule has 0 aliphatic heterocycles. The lowest BCUT2D eigenvalue weighted by atomic mass is 9.95. The summed E-state index contributed by atoms with van der Waals surface area (Å²) in [7, 11) is 0. The van der Waals surface area contributed by atoms with E-state index in [2.05, 4.69) is 20.5 Å². The van der Waals surface area contributed by atoms with E-state index in [0.29, 0.717) is 28.8 Å². The summed E-state index contributed by atoms with van der Waals surface area (Å²) < 4.78 is 5.57. The average molecular weight is 330 g/mol. The van der Waals surface area contributed by atoms with E-state index in [1.54, 1.807) is 12.4 Å². The number of hydrogen-bond donors (Lipinski definition) is 1. The Labute approximate surface area is 138 Å². The lowest BCUT2D eigenvalue weighted by Gasteiger charge is -2.22. The Morgan fingerprint density at radius 2 is 2.13 bits per heavy atom. The van der Waals surface area contributed by atoms with Crippen molar-refractivity contribution in [2.45, 2.75) is 36.9 Å². The van der Waals surface area contributed by atoms with Gasteiger partial charge in [-0.3, -0.25) is 9.78 Å². The Morgan fingerprint density at radius 1 is 1.26 bits per heavy atom. The molecule has 4 rings (SSSR count). The fourth-order valence-electron chi connectivity index (χ4n) is 3.68. The Balaban J connectivity index is 1.29. The first-order valence-corrected chi connectivity index (χ1v) is 8.92. The normalized spacial score (nSPS) is 25.7. The van der Waals surface area contributed by atoms with Gasteiger partial charge in [0.2, 0.25) is 11.8 Å². The highest BCUT2D eigenvalue weighted by Gasteiger charge is 2.40. The molecule has 2 saturated carbocycles. The summed E-state index contributed by atoms with van der Waals surface area (Å²) in [5.41, 5.74) is 0.825. The highest BCUT2D eigenvalue weighted by atomic mass is 32.2. The lowest BCUT2D eigenvalue weighted by molar-refractivity contribution is -0.119. The van der Waals surface area contributed by atoms with E-state index >= 15 is 0 Å². The van der Waals surface area contributed by atoms with Crippen molar-refractivity contribution < 1.29 is 9.21 Å². The maximum Gasteiger partial charge on any atom is 0.277 e. The van der Waals surface area contributed by atoms with Gasteiger partial charge >= 0.3 is 0 Å². The van der Waals surface area contributed by atoms with Crippen LogP contribution in [0.1, 0.15) is 25.7 Å². The highest BCUT2D eigenvalue weighted by molar-refractivity contribution is 7.99. The number of fused-ring (bicyclic) bond motifs is 2. The predicted molar refractivity (Wildman–Crippen MR) is 85.6 cm³/mol. The largest absolute Gasteiger partial charge is 0.411 e. The molecule has 2 fully saturated rings. The topological polar surface area (TPSA) is 80.9 Å². The van der Waals surface area contributed by atoms with Crippen molar-refractivity contribution in [1.82, 2.24) is 20.5 Å². The molecule has 23 heavy (non-hydrogen) atoms. The molecular weight excluding hydrogens is 312 g/mol. The third-order valence-electron chi connectivity index (χ3n) is 4.74. The molecule has 2 aromatic rings. The van der Waals surface area contributed by atoms with Crippen LogP contribution in [0.2, 0.25) is 0 Å². The minimum absolute atomic E-state index is 0.0520. The van der Waals surface area contributed by atoms with E-state index in [-0.39, 0.29) is 5.91 Å². The monoisotopic (exact) mass is 330 g/mol. The van der Waals surface area contributed by atoms with Gasteiger partial charge in [0.05, 0.1) is 5.75 Å². The second-order valence-electron chi connectivity index (χ2n) is 6.25. The summed E-state index contributed by atoms with van der Waals surface area (Å²) in [5, 5.41) is 11.6. The van der Waals surface area contributed by atoms with E-state index in [0.717, 1.165) is 17.9 Å². The van der Waals surface area contributed by atoms with Gasteiger partial charge in [0, 0.05) is 24.0 Å². The number of aromatic nitrogens is 3. The molecule has 6 nitrogen and oxygen atoms in total. The minimum atomic E-state index is 0.0520. The van der Waals surface area contributed by atoms with Crippen molar-refractivity contribution in [2.75, 3.05) is 5.75 Å². The summed E-state index contributed by atoms with van der Waals surface area (Å²) in [4.78, 5) is 16.0. The quantitative estimate of drug-likeness (QED) is 0.849. The van der Waals surface area contributed by atoms with Gasteiger partial charge in [0.1, 0.15) is 0 Å². The zero-order valence-electron chi connectivity index (χ0n) is 12.6. The number of nitrogens with one attached hydrogen (secondary N) is 1. The van der Waals surface area contributed by atoms with Crippen LogP contribution in [0.5, 0.6) is 0 Å². The third kappa shape index (κ3) is 3.24. The summed E-state index contributed by atoms with van der Waals surface area (Å²) in [6.07, 6.45) is 8.39. The van der Waals surface area contributed by atoms with Crippen molar-refractivity contribution in [3.05, 3.63) is 24.5 Å². The van der Waals surface area contributed by atoms with Gasteiger partial charge in [0.15, 0.2) is 0 Å². The zero-order chi connectivity index (χ0) is 15.6. The van der Waals surface area contributed by atoms with E-state index in [4.69, 9.17) is 4.42 Å². The SMILES string of the molecule is O=C(CSc1nnc(-c2ccncc2)o1)NC1CC2CCC1C2. The first-order valence-electron chi connectivity index (χ1n) is 7.94. The number of carbonyl (C=O) groups is 1. The smallest absolute Gasteiger partial charge is 0.277 e. The van der Waals surface area contributed by atoms with E-state index in [1.807, 2.05) is 12.1 Å². The second kappa shape index (κ2) is 6.31. The Hall–Kier alpha value is -1.89. The van der Waals surface area contributed by atoms with Crippen LogP contribution < -0.4 is 5.32 Å². The van der Waals surface area contributed by atoms with Crippen LogP contribution in [0.3, 0.4) is 0 Å². The van der Waals surface area contributed by atoms with E-state index in [1.165, 1.54) is 31.0 Å². The van der Waals surface area contributed by atoms with Crippen LogP contribution in [0, 0.1) is 11.8 Å². The first kappa shape index (κ1) is 14.7. The van der Waals surface area contributed by atoms with Gasteiger partial charge in [-0.15, -0.1) is 10.2 Å². The number of nitrogens with zero attached hydrogens (tertiary/aromatic N) is 3. The molecular formula is C16H18N4O2S. The fourth-order valence-corrected chi connectivity index (χ4v) is 4.25. The Morgan fingerprint density at radius 3 is 2.87 bits per heavy atom. The van der Waals surface area contributed by atoms with Crippen molar-refractivity contribution in [1.29, 1.82) is 0 Å². The third-order valence-corrected chi connectivity index (χ3v) is 5.56. The van der Waals surface area contributed by atoms with Crippen molar-refractivity contribution in [3.63, 3.8) is 0 Å². The van der Waals surface area contributed by atoms with Crippen LogP contribution in [-0.2, 0) is 4.79 Å². The maximum absolute atomic E-state index is 12.1. The van der Waals surface area contributed by atoms with Gasteiger partial charge < -0.3 is 9.73 Å². The van der Waals surface area contributed by atoms with Crippen LogP contribution in [0.15, 0.2) is 34.2 Å². The molecule has 0 aromatic carbocycles. The molecule has 120 valence electrons. The van der Waals surface area contributed by atoms with Crippen molar-refractivity contribution in [3.8, 4) is 11.5 Å². The number of thioether (sulfide) groups is 1. The van der Waals surface area contributed by atoms with Gasteiger partial charge in [0.25, 0.3) is 5.22 Å². The van der Waals surface area contributed by atoms with Crippen LogP contribution in [0.25, 0.3) is 11.5 Å². The molecule has 3 unspecified atom stereocenters. The molecule has 2 aromatic heterocycles. The number of carbonyl (C=O) groups excluding carboxylic acids is 1. The molecule has 0 saturated heterocycles. The number of pyridine rings is 1. The van der Waals surface area contributed by atoms with Crippen molar-refractivity contribution in [2.24, 2.45) is 11.8 Å². The minimum Gasteiger partial charge on any atom is -0.411 e. The molecule has 0 spiro atoms. The molecule has 2 bridgehead atoms. The van der Waals surface area contributed by atoms with Crippen LogP contribution in [0.4, 0.5) is 0 Å². The number of rotatable bonds is 5. The molecule has 7 heteroatoms. The van der Waals surface area contributed by atoms with Crippen LogP contribution in [-0.4, -0.2) is 32.9 Å². The van der Waals surface area contributed by atoms with Gasteiger partial charge in [-0.1, -0.05) is 18.2 Å². The summed E-state index contributed by atoms with van der Waals surface area (Å²) in [6.45, 7) is 0. The summed E-state index contributed by atoms with van der Waals surface area (Å²) >= 11 is 1.28. The number of amides is 1. The molecule has 2 heterocycles. The van der Waals surface area contributed by atoms with Gasteiger partial charge in [-0.25, -0.2) is 0 Å². The zero-order valence-corrected chi connectivity index (χ0v) is 13.5. The summed E-state index contributed by atoms with van der Waals surface area (Å²) in [6, 6.07) is 3.99. The van der Waals surface area contributed by atoms with Crippen LogP contribution >= 0.6 is 11.8 Å². The standard InChI is InChI=1S/C16H18N4O2S/c21-14(18-13-8-10-1-2-12(13)7-10)9-23-16-20-19-15(22-16)11-3-5-17-6-4-11/h3-6,10,12-13H,1-2,7-9H2,(H,18,21). The molecule has 1 amide bonds. The average Bonchev–Trinajstić information content (AvgIpc) is 3.30. The van der Waals surface area contributed by atoms with E-state index in [9.17, 15) is 4.79 Å². The van der Waals surface area contributed by atoms with E-state index < -0.39 is 0 Å². The Bertz CT molecular complexity index is 690. The van der Waals surface area contributed by atoms with Gasteiger partial charge in [-0.05, 0) is 43.2 Å². The van der Waals surface area contributed by atoms with Gasteiger partial charge in [-0.2, -0.15) is 0 Å². The maximum atomic E-state index is 12.1. The Kier molecular flexibility index (Phi) is 4.03. The highest BCUT2D eigenvalue weighted by Crippen LogP contribution is 2.44. The fraction of sp³-hybridized carbons (Fsp3) is 0.500.